The maximum atomic E-state index is 11.2. The first-order chi connectivity index (χ1) is 12.2. The van der Waals surface area contributed by atoms with Gasteiger partial charge in [-0.05, 0) is 38.2 Å². The molecule has 2 aromatic heterocycles. The van der Waals surface area contributed by atoms with Crippen molar-refractivity contribution in [3.05, 3.63) is 37.3 Å². The van der Waals surface area contributed by atoms with E-state index in [1.165, 1.54) is 12.7 Å². The monoisotopic (exact) mass is 351 g/mol. The van der Waals surface area contributed by atoms with E-state index in [4.69, 9.17) is 4.74 Å². The lowest BCUT2D eigenvalue weighted by atomic mass is 9.84. The van der Waals surface area contributed by atoms with Crippen molar-refractivity contribution < 1.29 is 19.1 Å². The van der Waals surface area contributed by atoms with Gasteiger partial charge in [-0.15, -0.1) is 0 Å². The van der Waals surface area contributed by atoms with E-state index in [1.54, 1.807) is 18.6 Å². The fourth-order valence-electron chi connectivity index (χ4n) is 2.55. The predicted molar refractivity (Wildman–Crippen MR) is 94.0 cm³/mol. The molecule has 0 bridgehead atoms. The quantitative estimate of drug-likeness (QED) is 0.761. The van der Waals surface area contributed by atoms with Crippen LogP contribution in [0.3, 0.4) is 0 Å². The van der Waals surface area contributed by atoms with Gasteiger partial charge < -0.3 is 14.3 Å². The topological polar surface area (TPSA) is 101 Å². The smallest absolute Gasteiger partial charge is 0.335 e. The molecule has 0 amide bonds. The molecule has 0 spiro atoms. The molecule has 0 saturated heterocycles. The molecule has 0 aliphatic heterocycles. The Morgan fingerprint density at radius 1 is 1.28 bits per heavy atom. The molecule has 0 aromatic carbocycles. The van der Waals surface area contributed by atoms with Crippen molar-refractivity contribution in [2.24, 2.45) is 0 Å². The van der Waals surface area contributed by atoms with Crippen LogP contribution in [0.25, 0.3) is 0 Å². The minimum atomic E-state index is -0.855. The van der Waals surface area contributed by atoms with Gasteiger partial charge in [0.15, 0.2) is 12.0 Å². The largest absolute Gasteiger partial charge is 0.479 e. The van der Waals surface area contributed by atoms with Crippen LogP contribution in [0.2, 0.25) is 0 Å². The van der Waals surface area contributed by atoms with Crippen LogP contribution in [-0.2, 0) is 9.53 Å². The summed E-state index contributed by atoms with van der Waals surface area (Å²) in [5, 5.41) is 15.4. The molecular weight excluding hydrogens is 322 g/mol. The zero-order valence-corrected chi connectivity index (χ0v) is 14.9. The molecule has 7 nitrogen and oxygen atoms in total. The summed E-state index contributed by atoms with van der Waals surface area (Å²) in [5.74, 6) is -0.765. The lowest BCUT2D eigenvalue weighted by Crippen LogP contribution is -2.43. The number of aromatic nitrogens is 3. The van der Waals surface area contributed by atoms with E-state index in [9.17, 15) is 9.90 Å². The number of nitrogens with one attached hydrogen (secondary N) is 1. The normalized spacial score (nSPS) is 15.2. The van der Waals surface area contributed by atoms with E-state index >= 15 is 0 Å². The first kappa shape index (κ1) is 20.9. The number of hydrogen-bond donors (Lipinski definition) is 2. The minimum Gasteiger partial charge on any atom is -0.479 e. The molecule has 7 heteroatoms. The summed E-state index contributed by atoms with van der Waals surface area (Å²) in [7, 11) is 0. The van der Waals surface area contributed by atoms with Gasteiger partial charge in [0.1, 0.15) is 6.26 Å². The van der Waals surface area contributed by atoms with E-state index in [0.717, 1.165) is 38.5 Å². The Morgan fingerprint density at radius 3 is 2.48 bits per heavy atom. The van der Waals surface area contributed by atoms with Gasteiger partial charge in [-0.25, -0.2) is 9.78 Å². The molecule has 1 aliphatic carbocycles. The Hall–Kier alpha value is -2.15. The molecule has 3 rings (SSSR count). The zero-order chi connectivity index (χ0) is 18.2. The SMILES string of the molecule is CCCCCOC1(C(=O)O)CCCCC1.c1cn[nH]c1.c1cocn1. The molecule has 0 unspecified atom stereocenters. The minimum absolute atomic E-state index is 0.597. The van der Waals surface area contributed by atoms with Crippen molar-refractivity contribution >= 4 is 5.97 Å². The van der Waals surface area contributed by atoms with Gasteiger partial charge in [0.05, 0.1) is 6.20 Å². The average molecular weight is 351 g/mol. The van der Waals surface area contributed by atoms with Crippen LogP contribution in [0.1, 0.15) is 58.3 Å². The third kappa shape index (κ3) is 9.05. The van der Waals surface area contributed by atoms with Gasteiger partial charge in [0.25, 0.3) is 0 Å². The second kappa shape index (κ2) is 13.2. The number of carboxylic acids is 1. The van der Waals surface area contributed by atoms with E-state index in [2.05, 4.69) is 26.5 Å². The molecular formula is C18H29N3O4. The van der Waals surface area contributed by atoms with Crippen LogP contribution in [0, 0.1) is 0 Å². The molecule has 2 aromatic rings. The summed E-state index contributed by atoms with van der Waals surface area (Å²) in [5.41, 5.74) is -0.855. The summed E-state index contributed by atoms with van der Waals surface area (Å²) < 4.78 is 10.1. The van der Waals surface area contributed by atoms with E-state index in [0.29, 0.717) is 19.4 Å². The summed E-state index contributed by atoms with van der Waals surface area (Å²) in [6.45, 7) is 2.73. The molecule has 140 valence electrons. The van der Waals surface area contributed by atoms with Crippen LogP contribution in [0.15, 0.2) is 41.7 Å². The predicted octanol–water partition coefficient (Wildman–Crippen LogP) is 4.07. The molecule has 25 heavy (non-hydrogen) atoms. The highest BCUT2D eigenvalue weighted by molar-refractivity contribution is 5.77. The molecule has 1 saturated carbocycles. The lowest BCUT2D eigenvalue weighted by molar-refractivity contribution is -0.171. The standard InChI is InChI=1S/C12H22O3.C3H4N2.C3H3NO/c1-2-3-7-10-15-12(11(13)14)8-5-4-6-9-12;1-2-4-5-3-1;1-2-5-3-4-1/h2-10H2,1H3,(H,13,14);1-3H,(H,4,5);1-3H. The number of H-pyrrole nitrogens is 1. The van der Waals surface area contributed by atoms with Crippen LogP contribution >= 0.6 is 0 Å². The number of hydrogen-bond acceptors (Lipinski definition) is 5. The van der Waals surface area contributed by atoms with Crippen LogP contribution in [-0.4, -0.2) is 38.5 Å². The summed E-state index contributed by atoms with van der Waals surface area (Å²) in [6.07, 6.45) is 15.7. The summed E-state index contributed by atoms with van der Waals surface area (Å²) in [4.78, 5) is 14.8. The molecule has 0 atom stereocenters. The number of unbranched alkanes of at least 4 members (excludes halogenated alkanes) is 2. The highest BCUT2D eigenvalue weighted by atomic mass is 16.5. The van der Waals surface area contributed by atoms with Crippen molar-refractivity contribution in [2.45, 2.75) is 63.9 Å². The van der Waals surface area contributed by atoms with Gasteiger partial charge in [-0.3, -0.25) is 5.10 Å². The molecule has 0 radical (unpaired) electrons. The summed E-state index contributed by atoms with van der Waals surface area (Å²) in [6, 6.07) is 1.83. The van der Waals surface area contributed by atoms with Crippen molar-refractivity contribution in [3.63, 3.8) is 0 Å². The number of nitrogens with zero attached hydrogens (tertiary/aromatic N) is 2. The Kier molecular flexibility index (Phi) is 11.0. The van der Waals surface area contributed by atoms with Gasteiger partial charge >= 0.3 is 5.97 Å². The van der Waals surface area contributed by atoms with Gasteiger partial charge in [0.2, 0.25) is 0 Å². The van der Waals surface area contributed by atoms with Crippen molar-refractivity contribution in [1.29, 1.82) is 0 Å². The number of rotatable bonds is 6. The number of carboxylic acid groups (broad SMARTS) is 1. The van der Waals surface area contributed by atoms with Crippen LogP contribution in [0.5, 0.6) is 0 Å². The first-order valence-electron chi connectivity index (χ1n) is 8.84. The van der Waals surface area contributed by atoms with Crippen molar-refractivity contribution in [1.82, 2.24) is 15.2 Å². The van der Waals surface area contributed by atoms with Crippen LogP contribution < -0.4 is 0 Å². The zero-order valence-electron chi connectivity index (χ0n) is 14.9. The maximum absolute atomic E-state index is 11.2. The molecule has 1 aliphatic rings. The number of aromatic amines is 1. The second-order valence-corrected chi connectivity index (χ2v) is 5.86. The third-order valence-corrected chi connectivity index (χ3v) is 3.93. The fourth-order valence-corrected chi connectivity index (χ4v) is 2.55. The van der Waals surface area contributed by atoms with Crippen LogP contribution in [0.4, 0.5) is 0 Å². The maximum Gasteiger partial charge on any atom is 0.335 e. The third-order valence-electron chi connectivity index (χ3n) is 3.93. The number of carbonyl (C=O) groups is 1. The number of aliphatic carboxylic acids is 1. The fraction of sp³-hybridized carbons (Fsp3) is 0.611. The summed E-state index contributed by atoms with van der Waals surface area (Å²) >= 11 is 0. The van der Waals surface area contributed by atoms with E-state index in [1.807, 2.05) is 6.07 Å². The molecule has 2 heterocycles. The molecule has 1 fully saturated rings. The lowest BCUT2D eigenvalue weighted by Gasteiger charge is -2.33. The highest BCUT2D eigenvalue weighted by Crippen LogP contribution is 2.32. The number of oxazole rings is 1. The second-order valence-electron chi connectivity index (χ2n) is 5.86. The van der Waals surface area contributed by atoms with E-state index < -0.39 is 11.6 Å². The van der Waals surface area contributed by atoms with E-state index in [-0.39, 0.29) is 0 Å². The Bertz CT molecular complexity index is 448. The van der Waals surface area contributed by atoms with Gasteiger partial charge in [-0.2, -0.15) is 5.10 Å². The van der Waals surface area contributed by atoms with Gasteiger partial charge in [0, 0.05) is 19.0 Å². The Balaban J connectivity index is 0.000000250. The average Bonchev–Trinajstić information content (AvgIpc) is 3.38. The molecule has 2 N–H and O–H groups in total. The highest BCUT2D eigenvalue weighted by Gasteiger charge is 2.40. The first-order valence-corrected chi connectivity index (χ1v) is 8.84. The Labute approximate surface area is 148 Å². The Morgan fingerprint density at radius 2 is 2.08 bits per heavy atom. The van der Waals surface area contributed by atoms with Crippen molar-refractivity contribution in [3.8, 4) is 0 Å². The van der Waals surface area contributed by atoms with Crippen molar-refractivity contribution in [2.75, 3.05) is 6.61 Å². The number of ether oxygens (including phenoxy) is 1. The van der Waals surface area contributed by atoms with Gasteiger partial charge in [-0.1, -0.05) is 26.2 Å².